The fraction of sp³-hybridized carbons (Fsp3) is 0.909. The van der Waals surface area contributed by atoms with Crippen molar-refractivity contribution in [3.63, 3.8) is 0 Å². The highest BCUT2D eigenvalue weighted by atomic mass is 31.2. The Balaban J connectivity index is 4.30. The molecule has 0 aliphatic rings. The predicted molar refractivity (Wildman–Crippen MR) is 176 cm³/mol. The van der Waals surface area contributed by atoms with Crippen LogP contribution in [0.1, 0.15) is 162 Å². The first-order chi connectivity index (χ1) is 21.6. The normalized spacial score (nSPS) is 14.0. The third kappa shape index (κ3) is 29.6. The lowest BCUT2D eigenvalue weighted by atomic mass is 10.0. The number of carbonyl (C=O) groups is 3. The van der Waals surface area contributed by atoms with E-state index in [1.165, 1.54) is 77.0 Å². The number of nitrogens with two attached hydrogens (primary N) is 1. The molecule has 3 unspecified atom stereocenters. The summed E-state index contributed by atoms with van der Waals surface area (Å²) in [5, 5.41) is 8.81. The summed E-state index contributed by atoms with van der Waals surface area (Å²) in [4.78, 5) is 45.3. The van der Waals surface area contributed by atoms with Gasteiger partial charge in [0.15, 0.2) is 6.10 Å². The van der Waals surface area contributed by atoms with Crippen LogP contribution in [0, 0.1) is 0 Å². The number of hydrogen-bond acceptors (Lipinski definition) is 9. The molecule has 0 aromatic carbocycles. The van der Waals surface area contributed by atoms with E-state index >= 15 is 0 Å². The van der Waals surface area contributed by atoms with Crippen LogP contribution in [0.25, 0.3) is 0 Å². The number of hydrogen-bond donors (Lipinski definition) is 3. The average Bonchev–Trinajstić information content (AvgIpc) is 3.00. The maximum absolute atomic E-state index is 12.5. The van der Waals surface area contributed by atoms with Crippen LogP contribution < -0.4 is 5.73 Å². The number of aliphatic carboxylic acids is 1. The van der Waals surface area contributed by atoms with Crippen LogP contribution in [0.4, 0.5) is 0 Å². The summed E-state index contributed by atoms with van der Waals surface area (Å²) in [6.45, 7) is 2.69. The smallest absolute Gasteiger partial charge is 0.472 e. The summed E-state index contributed by atoms with van der Waals surface area (Å²) in [5.41, 5.74) is 5.29. The third-order valence-electron chi connectivity index (χ3n) is 7.61. The Morgan fingerprint density at radius 2 is 0.978 bits per heavy atom. The van der Waals surface area contributed by atoms with Crippen LogP contribution in [0.3, 0.4) is 0 Å². The number of carboxylic acid groups (broad SMARTS) is 1. The number of rotatable bonds is 33. The van der Waals surface area contributed by atoms with E-state index in [1.807, 2.05) is 0 Å². The molecule has 0 aromatic rings. The largest absolute Gasteiger partial charge is 0.480 e. The summed E-state index contributed by atoms with van der Waals surface area (Å²) >= 11 is 0. The van der Waals surface area contributed by atoms with Crippen molar-refractivity contribution in [3.05, 3.63) is 0 Å². The second-order valence-electron chi connectivity index (χ2n) is 12.0. The molecule has 12 heteroatoms. The van der Waals surface area contributed by atoms with Gasteiger partial charge in [0, 0.05) is 12.8 Å². The Hall–Kier alpha value is -1.52. The van der Waals surface area contributed by atoms with Gasteiger partial charge in [-0.15, -0.1) is 0 Å². The maximum Gasteiger partial charge on any atom is 0.472 e. The molecule has 0 radical (unpaired) electrons. The molecule has 0 aromatic heterocycles. The van der Waals surface area contributed by atoms with Crippen LogP contribution in [-0.4, -0.2) is 59.9 Å². The molecule has 0 fully saturated rings. The highest BCUT2D eigenvalue weighted by Gasteiger charge is 2.28. The molecule has 0 aliphatic carbocycles. The second kappa shape index (κ2) is 29.9. The number of phosphoric ester groups is 1. The predicted octanol–water partition coefficient (Wildman–Crippen LogP) is 8.00. The number of unbranched alkanes of at least 4 members (excludes halogenated alkanes) is 19. The fourth-order valence-corrected chi connectivity index (χ4v) is 5.55. The summed E-state index contributed by atoms with van der Waals surface area (Å²) in [5.74, 6) is -2.38. The van der Waals surface area contributed by atoms with E-state index in [0.29, 0.717) is 12.8 Å². The van der Waals surface area contributed by atoms with Crippen molar-refractivity contribution >= 4 is 25.7 Å². The number of carboxylic acids is 1. The number of esters is 2. The zero-order valence-corrected chi connectivity index (χ0v) is 29.1. The van der Waals surface area contributed by atoms with Crippen LogP contribution in [0.15, 0.2) is 0 Å². The van der Waals surface area contributed by atoms with Gasteiger partial charge in [0.1, 0.15) is 12.6 Å². The summed E-state index contributed by atoms with van der Waals surface area (Å²) in [6.07, 6.45) is 23.7. The molecular formula is C33H64NO10P. The molecular weight excluding hydrogens is 601 g/mol. The van der Waals surface area contributed by atoms with Gasteiger partial charge >= 0.3 is 25.7 Å². The van der Waals surface area contributed by atoms with Gasteiger partial charge in [-0.1, -0.05) is 136 Å². The first kappa shape index (κ1) is 43.5. The van der Waals surface area contributed by atoms with Crippen LogP contribution in [-0.2, 0) is 37.5 Å². The van der Waals surface area contributed by atoms with Gasteiger partial charge in [-0.2, -0.15) is 0 Å². The SMILES string of the molecule is CCCCCCCCCCCCCCCCCCC(=O)OC(COC(=O)CCCCCCC)COP(=O)(O)OCC(N)C(=O)O. The molecule has 0 saturated heterocycles. The van der Waals surface area contributed by atoms with Gasteiger partial charge in [0.2, 0.25) is 0 Å². The summed E-state index contributed by atoms with van der Waals surface area (Å²) in [6, 6.07) is -1.51. The molecule has 3 atom stereocenters. The Morgan fingerprint density at radius 3 is 1.40 bits per heavy atom. The van der Waals surface area contributed by atoms with Crippen molar-refractivity contribution in [1.82, 2.24) is 0 Å². The number of phosphoric acid groups is 1. The van der Waals surface area contributed by atoms with E-state index in [4.69, 9.17) is 24.8 Å². The lowest BCUT2D eigenvalue weighted by Crippen LogP contribution is -2.34. The Bertz CT molecular complexity index is 797. The Kier molecular flexibility index (Phi) is 28.8. The van der Waals surface area contributed by atoms with Crippen molar-refractivity contribution in [2.75, 3.05) is 19.8 Å². The molecule has 0 rings (SSSR count). The molecule has 0 heterocycles. The van der Waals surface area contributed by atoms with Gasteiger partial charge in [0.25, 0.3) is 0 Å². The molecule has 0 spiro atoms. The van der Waals surface area contributed by atoms with Crippen LogP contribution in [0.5, 0.6) is 0 Å². The monoisotopic (exact) mass is 665 g/mol. The molecule has 4 N–H and O–H groups in total. The Labute approximate surface area is 272 Å². The standard InChI is InChI=1S/C33H64NO10P/c1-3-5-7-9-10-11-12-13-14-15-16-17-18-19-21-23-25-32(36)44-29(26-41-31(35)24-22-20-8-6-4-2)27-42-45(39,40)43-28-30(34)33(37)38/h29-30H,3-28,34H2,1-2H3,(H,37,38)(H,39,40). The lowest BCUT2D eigenvalue weighted by Gasteiger charge is -2.20. The molecule has 0 saturated carbocycles. The van der Waals surface area contributed by atoms with E-state index < -0.39 is 51.1 Å². The summed E-state index contributed by atoms with van der Waals surface area (Å²) < 4.78 is 32.3. The van der Waals surface area contributed by atoms with Gasteiger partial charge < -0.3 is 25.2 Å². The molecule has 0 aliphatic heterocycles. The van der Waals surface area contributed by atoms with Crippen molar-refractivity contribution in [1.29, 1.82) is 0 Å². The van der Waals surface area contributed by atoms with Crippen LogP contribution >= 0.6 is 7.82 Å². The van der Waals surface area contributed by atoms with E-state index in [1.54, 1.807) is 0 Å². The van der Waals surface area contributed by atoms with Crippen molar-refractivity contribution in [3.8, 4) is 0 Å². The second-order valence-corrected chi connectivity index (χ2v) is 13.5. The molecule has 0 amide bonds. The van der Waals surface area contributed by atoms with Gasteiger partial charge in [-0.05, 0) is 12.8 Å². The van der Waals surface area contributed by atoms with Crippen molar-refractivity contribution in [2.45, 2.75) is 174 Å². The molecule has 0 bridgehead atoms. The minimum atomic E-state index is -4.69. The molecule has 266 valence electrons. The van der Waals surface area contributed by atoms with Crippen molar-refractivity contribution in [2.24, 2.45) is 5.73 Å². The average molecular weight is 666 g/mol. The van der Waals surface area contributed by atoms with Gasteiger partial charge in [0.05, 0.1) is 13.2 Å². The first-order valence-electron chi connectivity index (χ1n) is 17.6. The van der Waals surface area contributed by atoms with Gasteiger partial charge in [-0.3, -0.25) is 23.4 Å². The highest BCUT2D eigenvalue weighted by Crippen LogP contribution is 2.43. The van der Waals surface area contributed by atoms with E-state index in [2.05, 4.69) is 18.4 Å². The Morgan fingerprint density at radius 1 is 0.600 bits per heavy atom. The zero-order chi connectivity index (χ0) is 33.6. The van der Waals surface area contributed by atoms with E-state index in [9.17, 15) is 23.8 Å². The number of carbonyl (C=O) groups excluding carboxylic acids is 2. The quantitative estimate of drug-likeness (QED) is 0.0352. The maximum atomic E-state index is 12.5. The third-order valence-corrected chi connectivity index (χ3v) is 8.56. The molecule has 11 nitrogen and oxygen atoms in total. The van der Waals surface area contributed by atoms with E-state index in [0.717, 1.165) is 44.9 Å². The minimum Gasteiger partial charge on any atom is -0.480 e. The highest BCUT2D eigenvalue weighted by molar-refractivity contribution is 7.47. The van der Waals surface area contributed by atoms with Crippen molar-refractivity contribution < 1.29 is 47.5 Å². The lowest BCUT2D eigenvalue weighted by molar-refractivity contribution is -0.161. The number of ether oxygens (including phenoxy) is 2. The molecule has 45 heavy (non-hydrogen) atoms. The zero-order valence-electron chi connectivity index (χ0n) is 28.2. The first-order valence-corrected chi connectivity index (χ1v) is 19.1. The topological polar surface area (TPSA) is 172 Å². The fourth-order valence-electron chi connectivity index (χ4n) is 4.77. The summed E-state index contributed by atoms with van der Waals surface area (Å²) in [7, 11) is -4.69. The van der Waals surface area contributed by atoms with E-state index in [-0.39, 0.29) is 19.4 Å². The van der Waals surface area contributed by atoms with Crippen LogP contribution in [0.2, 0.25) is 0 Å². The minimum absolute atomic E-state index is 0.168. The van der Waals surface area contributed by atoms with Gasteiger partial charge in [-0.25, -0.2) is 4.57 Å².